The number of rotatable bonds is 2. The van der Waals surface area contributed by atoms with E-state index in [1.165, 1.54) is 6.07 Å². The van der Waals surface area contributed by atoms with Gasteiger partial charge in [-0.15, -0.1) is 0 Å². The molecule has 1 amide bonds. The van der Waals surface area contributed by atoms with Crippen molar-refractivity contribution in [1.29, 1.82) is 0 Å². The van der Waals surface area contributed by atoms with E-state index in [1.54, 1.807) is 19.2 Å². The molecule has 0 aromatic heterocycles. The third-order valence-electron chi connectivity index (χ3n) is 4.29. The van der Waals surface area contributed by atoms with E-state index < -0.39 is 0 Å². The van der Waals surface area contributed by atoms with E-state index >= 15 is 0 Å². The number of hydrogen-bond donors (Lipinski definition) is 1. The first kappa shape index (κ1) is 14.7. The molecule has 20 heavy (non-hydrogen) atoms. The number of ether oxygens (including phenoxy) is 1. The number of methoxy groups -OCH3 is 1. The molecular formula is C16H23NO3. The fraction of sp³-hybridized carbons (Fsp3) is 0.562. The van der Waals surface area contributed by atoms with Gasteiger partial charge in [-0.1, -0.05) is 13.8 Å². The van der Waals surface area contributed by atoms with E-state index in [1.807, 2.05) is 4.90 Å². The van der Waals surface area contributed by atoms with Crippen LogP contribution in [0.4, 0.5) is 0 Å². The zero-order valence-corrected chi connectivity index (χ0v) is 12.6. The van der Waals surface area contributed by atoms with Crippen LogP contribution in [0, 0.1) is 11.8 Å². The molecule has 1 aromatic carbocycles. The quantitative estimate of drug-likeness (QED) is 0.904. The number of carbonyl (C=O) groups excluding carboxylic acids is 1. The molecule has 1 saturated heterocycles. The van der Waals surface area contributed by atoms with Gasteiger partial charge in [0.25, 0.3) is 5.91 Å². The minimum Gasteiger partial charge on any atom is -0.507 e. The van der Waals surface area contributed by atoms with E-state index in [0.29, 0.717) is 23.1 Å². The summed E-state index contributed by atoms with van der Waals surface area (Å²) in [5.41, 5.74) is 0.317. The number of phenols is 1. The van der Waals surface area contributed by atoms with Crippen molar-refractivity contribution in [3.8, 4) is 11.5 Å². The van der Waals surface area contributed by atoms with Gasteiger partial charge in [0.05, 0.1) is 12.7 Å². The smallest absolute Gasteiger partial charge is 0.258 e. The summed E-state index contributed by atoms with van der Waals surface area (Å²) in [5, 5.41) is 9.95. The number of carbonyl (C=O) groups is 1. The number of amides is 1. The van der Waals surface area contributed by atoms with Crippen LogP contribution < -0.4 is 4.74 Å². The average molecular weight is 277 g/mol. The van der Waals surface area contributed by atoms with Crippen molar-refractivity contribution in [3.05, 3.63) is 23.8 Å². The van der Waals surface area contributed by atoms with Crippen LogP contribution in [0.15, 0.2) is 18.2 Å². The van der Waals surface area contributed by atoms with E-state index in [0.717, 1.165) is 13.0 Å². The highest BCUT2D eigenvalue weighted by molar-refractivity contribution is 5.97. The number of aromatic hydroxyl groups is 1. The molecule has 3 atom stereocenters. The van der Waals surface area contributed by atoms with Gasteiger partial charge in [-0.05, 0) is 43.4 Å². The van der Waals surface area contributed by atoms with Gasteiger partial charge < -0.3 is 14.7 Å². The van der Waals surface area contributed by atoms with Crippen molar-refractivity contribution < 1.29 is 14.6 Å². The van der Waals surface area contributed by atoms with Crippen molar-refractivity contribution >= 4 is 5.91 Å². The Balaban J connectivity index is 2.30. The zero-order valence-electron chi connectivity index (χ0n) is 12.6. The monoisotopic (exact) mass is 277 g/mol. The molecule has 1 fully saturated rings. The Hall–Kier alpha value is -1.71. The Morgan fingerprint density at radius 3 is 2.70 bits per heavy atom. The lowest BCUT2D eigenvalue weighted by Gasteiger charge is -2.41. The first-order valence-corrected chi connectivity index (χ1v) is 7.12. The van der Waals surface area contributed by atoms with Crippen LogP contribution in [0.1, 0.15) is 37.6 Å². The van der Waals surface area contributed by atoms with E-state index in [2.05, 4.69) is 20.8 Å². The number of nitrogens with zero attached hydrogens (tertiary/aromatic N) is 1. The standard InChI is InChI=1S/C16H23NO3/c1-10-7-11(2)12(3)17(9-10)16(19)14-8-13(20-4)5-6-15(14)18/h5-6,8,10-12,18H,7,9H2,1-4H3. The summed E-state index contributed by atoms with van der Waals surface area (Å²) in [5.74, 6) is 1.42. The van der Waals surface area contributed by atoms with Crippen molar-refractivity contribution in [3.63, 3.8) is 0 Å². The lowest BCUT2D eigenvalue weighted by atomic mass is 9.85. The van der Waals surface area contributed by atoms with Gasteiger partial charge in [0.15, 0.2) is 0 Å². The van der Waals surface area contributed by atoms with Crippen LogP contribution in [0.2, 0.25) is 0 Å². The molecule has 1 aliphatic heterocycles. The topological polar surface area (TPSA) is 49.8 Å². The lowest BCUT2D eigenvalue weighted by Crippen LogP contribution is -2.48. The SMILES string of the molecule is COc1ccc(O)c(C(=O)N2CC(C)CC(C)C2C)c1. The molecular weight excluding hydrogens is 254 g/mol. The van der Waals surface area contributed by atoms with E-state index in [-0.39, 0.29) is 17.7 Å². The summed E-state index contributed by atoms with van der Waals surface area (Å²) in [6.45, 7) is 7.15. The van der Waals surface area contributed by atoms with Crippen molar-refractivity contribution in [2.45, 2.75) is 33.2 Å². The highest BCUT2D eigenvalue weighted by Crippen LogP contribution is 2.31. The van der Waals surface area contributed by atoms with Gasteiger partial charge in [0.1, 0.15) is 11.5 Å². The Bertz CT molecular complexity index is 500. The van der Waals surface area contributed by atoms with Crippen molar-refractivity contribution in [2.24, 2.45) is 11.8 Å². The van der Waals surface area contributed by atoms with Gasteiger partial charge in [-0.25, -0.2) is 0 Å². The maximum atomic E-state index is 12.7. The van der Waals surface area contributed by atoms with Crippen molar-refractivity contribution in [1.82, 2.24) is 4.90 Å². The molecule has 1 aromatic rings. The average Bonchev–Trinajstić information content (AvgIpc) is 2.42. The summed E-state index contributed by atoms with van der Waals surface area (Å²) in [7, 11) is 1.55. The molecule has 0 radical (unpaired) electrons. The van der Waals surface area contributed by atoms with E-state index in [9.17, 15) is 9.90 Å². The van der Waals surface area contributed by atoms with Crippen LogP contribution in [-0.4, -0.2) is 35.6 Å². The Labute approximate surface area is 120 Å². The summed E-state index contributed by atoms with van der Waals surface area (Å²) in [4.78, 5) is 14.6. The van der Waals surface area contributed by atoms with Gasteiger partial charge in [0, 0.05) is 12.6 Å². The number of likely N-dealkylation sites (tertiary alicyclic amines) is 1. The second-order valence-electron chi connectivity index (χ2n) is 5.90. The highest BCUT2D eigenvalue weighted by atomic mass is 16.5. The Morgan fingerprint density at radius 2 is 2.05 bits per heavy atom. The molecule has 4 heteroatoms. The van der Waals surface area contributed by atoms with Gasteiger partial charge in [-0.2, -0.15) is 0 Å². The Morgan fingerprint density at radius 1 is 1.35 bits per heavy atom. The first-order valence-electron chi connectivity index (χ1n) is 7.12. The summed E-state index contributed by atoms with van der Waals surface area (Å²) in [6, 6.07) is 4.95. The predicted molar refractivity (Wildman–Crippen MR) is 78.1 cm³/mol. The number of phenolic OH excluding ortho intramolecular Hbond substituents is 1. The predicted octanol–water partition coefficient (Wildman–Crippen LogP) is 2.91. The second-order valence-corrected chi connectivity index (χ2v) is 5.90. The van der Waals surface area contributed by atoms with Crippen LogP contribution in [0.25, 0.3) is 0 Å². The number of piperidine rings is 1. The van der Waals surface area contributed by atoms with Gasteiger partial charge >= 0.3 is 0 Å². The maximum absolute atomic E-state index is 12.7. The Kier molecular flexibility index (Phi) is 4.21. The summed E-state index contributed by atoms with van der Waals surface area (Å²) < 4.78 is 5.13. The van der Waals surface area contributed by atoms with Gasteiger partial charge in [-0.3, -0.25) is 4.79 Å². The highest BCUT2D eigenvalue weighted by Gasteiger charge is 2.33. The minimum absolute atomic E-state index is 0.00822. The molecule has 4 nitrogen and oxygen atoms in total. The molecule has 0 bridgehead atoms. The molecule has 0 aliphatic carbocycles. The number of benzene rings is 1. The molecule has 110 valence electrons. The van der Waals surface area contributed by atoms with E-state index in [4.69, 9.17) is 4.74 Å². The number of hydrogen-bond acceptors (Lipinski definition) is 3. The van der Waals surface area contributed by atoms with Crippen molar-refractivity contribution in [2.75, 3.05) is 13.7 Å². The molecule has 0 spiro atoms. The largest absolute Gasteiger partial charge is 0.507 e. The lowest BCUT2D eigenvalue weighted by molar-refractivity contribution is 0.0452. The van der Waals surface area contributed by atoms with Crippen LogP contribution >= 0.6 is 0 Å². The third-order valence-corrected chi connectivity index (χ3v) is 4.29. The van der Waals surface area contributed by atoms with Gasteiger partial charge in [0.2, 0.25) is 0 Å². The maximum Gasteiger partial charge on any atom is 0.258 e. The minimum atomic E-state index is -0.118. The zero-order chi connectivity index (χ0) is 14.9. The van der Waals surface area contributed by atoms with Crippen LogP contribution in [0.3, 0.4) is 0 Å². The van der Waals surface area contributed by atoms with Crippen LogP contribution in [-0.2, 0) is 0 Å². The molecule has 3 unspecified atom stereocenters. The second kappa shape index (κ2) is 5.73. The molecule has 1 N–H and O–H groups in total. The normalized spacial score (nSPS) is 26.4. The fourth-order valence-corrected chi connectivity index (χ4v) is 2.95. The molecule has 0 saturated carbocycles. The first-order chi connectivity index (χ1) is 9.43. The molecule has 1 heterocycles. The molecule has 2 rings (SSSR count). The fourth-order valence-electron chi connectivity index (χ4n) is 2.95. The third kappa shape index (κ3) is 2.74. The summed E-state index contributed by atoms with van der Waals surface area (Å²) in [6.07, 6.45) is 1.13. The molecule has 1 aliphatic rings. The van der Waals surface area contributed by atoms with Crippen LogP contribution in [0.5, 0.6) is 11.5 Å². The summed E-state index contributed by atoms with van der Waals surface area (Å²) >= 11 is 0.